The molecule has 2 aliphatic rings. The van der Waals surface area contributed by atoms with Crippen LogP contribution in [0.15, 0.2) is 0 Å². The Kier molecular flexibility index (Phi) is 2.63. The number of piperazine rings is 1. The van der Waals surface area contributed by atoms with E-state index in [2.05, 4.69) is 19.2 Å². The Bertz CT molecular complexity index is 263. The standard InChI is InChI=1S/C11H20N2O2/c1-8(2)5-11-4-3-9(6-12-7-11)13(11)10(14)15/h8-9,12H,3-7H2,1-2H3,(H,14,15). The molecular formula is C11H20N2O2. The second kappa shape index (κ2) is 3.67. The normalized spacial score (nSPS) is 34.9. The van der Waals surface area contributed by atoms with Crippen molar-refractivity contribution in [2.45, 2.75) is 44.7 Å². The van der Waals surface area contributed by atoms with Gasteiger partial charge in [0.25, 0.3) is 0 Å². The van der Waals surface area contributed by atoms with E-state index < -0.39 is 6.09 Å². The van der Waals surface area contributed by atoms with Crippen LogP contribution in [0.25, 0.3) is 0 Å². The summed E-state index contributed by atoms with van der Waals surface area (Å²) < 4.78 is 0. The van der Waals surface area contributed by atoms with Crippen LogP contribution in [0, 0.1) is 5.92 Å². The van der Waals surface area contributed by atoms with E-state index in [0.29, 0.717) is 5.92 Å². The van der Waals surface area contributed by atoms with Gasteiger partial charge in [0.15, 0.2) is 0 Å². The van der Waals surface area contributed by atoms with Crippen molar-refractivity contribution in [3.63, 3.8) is 0 Å². The van der Waals surface area contributed by atoms with Crippen molar-refractivity contribution in [3.05, 3.63) is 0 Å². The Labute approximate surface area is 90.6 Å². The third-order valence-corrected chi connectivity index (χ3v) is 3.65. The van der Waals surface area contributed by atoms with Gasteiger partial charge in [-0.05, 0) is 25.2 Å². The highest BCUT2D eigenvalue weighted by molar-refractivity contribution is 5.67. The first-order chi connectivity index (χ1) is 7.05. The average molecular weight is 212 g/mol. The van der Waals surface area contributed by atoms with E-state index in [1.807, 2.05) is 0 Å². The van der Waals surface area contributed by atoms with Crippen molar-refractivity contribution < 1.29 is 9.90 Å². The fourth-order valence-electron chi connectivity index (χ4n) is 3.30. The summed E-state index contributed by atoms with van der Waals surface area (Å²) in [4.78, 5) is 13.0. The lowest BCUT2D eigenvalue weighted by molar-refractivity contribution is 0.0498. The predicted molar refractivity (Wildman–Crippen MR) is 57.9 cm³/mol. The Balaban J connectivity index is 2.23. The molecule has 0 spiro atoms. The first kappa shape index (κ1) is 10.7. The van der Waals surface area contributed by atoms with Gasteiger partial charge in [0.1, 0.15) is 0 Å². The van der Waals surface area contributed by atoms with Crippen LogP contribution < -0.4 is 5.32 Å². The van der Waals surface area contributed by atoms with Crippen molar-refractivity contribution in [1.29, 1.82) is 0 Å². The van der Waals surface area contributed by atoms with Crippen LogP contribution in [0.4, 0.5) is 4.79 Å². The van der Waals surface area contributed by atoms with Crippen molar-refractivity contribution in [2.75, 3.05) is 13.1 Å². The molecule has 2 unspecified atom stereocenters. The molecule has 2 atom stereocenters. The number of amides is 1. The molecule has 0 aromatic heterocycles. The fraction of sp³-hybridized carbons (Fsp3) is 0.909. The van der Waals surface area contributed by atoms with E-state index >= 15 is 0 Å². The fourth-order valence-corrected chi connectivity index (χ4v) is 3.30. The third-order valence-electron chi connectivity index (χ3n) is 3.65. The van der Waals surface area contributed by atoms with Gasteiger partial charge < -0.3 is 10.4 Å². The molecule has 0 aliphatic carbocycles. The largest absolute Gasteiger partial charge is 0.465 e. The summed E-state index contributed by atoms with van der Waals surface area (Å²) in [6, 6.07) is 0.204. The molecule has 2 bridgehead atoms. The van der Waals surface area contributed by atoms with Crippen LogP contribution in [-0.2, 0) is 0 Å². The number of hydrogen-bond donors (Lipinski definition) is 2. The molecule has 2 saturated heterocycles. The highest BCUT2D eigenvalue weighted by Crippen LogP contribution is 2.40. The van der Waals surface area contributed by atoms with E-state index in [1.165, 1.54) is 0 Å². The van der Waals surface area contributed by atoms with Crippen molar-refractivity contribution in [3.8, 4) is 0 Å². The summed E-state index contributed by atoms with van der Waals surface area (Å²) in [5, 5.41) is 12.7. The molecule has 86 valence electrons. The highest BCUT2D eigenvalue weighted by Gasteiger charge is 2.51. The van der Waals surface area contributed by atoms with E-state index in [-0.39, 0.29) is 11.6 Å². The molecule has 2 aliphatic heterocycles. The SMILES string of the molecule is CC(C)CC12CCC(CNC1)N2C(=O)O. The van der Waals surface area contributed by atoms with Gasteiger partial charge in [0.05, 0.1) is 5.54 Å². The molecular weight excluding hydrogens is 192 g/mol. The topological polar surface area (TPSA) is 52.6 Å². The summed E-state index contributed by atoms with van der Waals surface area (Å²) in [5.74, 6) is 0.547. The van der Waals surface area contributed by atoms with Gasteiger partial charge in [-0.3, -0.25) is 4.90 Å². The van der Waals surface area contributed by atoms with Crippen LogP contribution in [-0.4, -0.2) is 40.8 Å². The Morgan fingerprint density at radius 3 is 3.00 bits per heavy atom. The molecule has 0 aromatic rings. The molecule has 0 aromatic carbocycles. The Morgan fingerprint density at radius 2 is 2.40 bits per heavy atom. The Morgan fingerprint density at radius 1 is 1.67 bits per heavy atom. The zero-order valence-corrected chi connectivity index (χ0v) is 9.49. The maximum Gasteiger partial charge on any atom is 0.408 e. The predicted octanol–water partition coefficient (Wildman–Crippen LogP) is 1.52. The van der Waals surface area contributed by atoms with Gasteiger partial charge in [-0.15, -0.1) is 0 Å². The lowest BCUT2D eigenvalue weighted by Crippen LogP contribution is -2.62. The number of nitrogens with one attached hydrogen (secondary N) is 1. The number of nitrogens with zero attached hydrogens (tertiary/aromatic N) is 1. The molecule has 0 saturated carbocycles. The lowest BCUT2D eigenvalue weighted by atomic mass is 9.86. The van der Waals surface area contributed by atoms with E-state index in [1.54, 1.807) is 4.90 Å². The first-order valence-corrected chi connectivity index (χ1v) is 5.78. The number of hydrogen-bond acceptors (Lipinski definition) is 2. The lowest BCUT2D eigenvalue weighted by Gasteiger charge is -2.44. The number of carboxylic acid groups (broad SMARTS) is 1. The molecule has 0 radical (unpaired) electrons. The zero-order chi connectivity index (χ0) is 11.1. The average Bonchev–Trinajstić information content (AvgIpc) is 2.33. The highest BCUT2D eigenvalue weighted by atomic mass is 16.4. The molecule has 2 rings (SSSR count). The van der Waals surface area contributed by atoms with Crippen LogP contribution >= 0.6 is 0 Å². The first-order valence-electron chi connectivity index (χ1n) is 5.78. The summed E-state index contributed by atoms with van der Waals surface area (Å²) >= 11 is 0. The van der Waals surface area contributed by atoms with Crippen molar-refractivity contribution in [2.24, 2.45) is 5.92 Å². The second-order valence-electron chi connectivity index (χ2n) is 5.30. The minimum Gasteiger partial charge on any atom is -0.465 e. The van der Waals surface area contributed by atoms with Gasteiger partial charge in [0.2, 0.25) is 0 Å². The van der Waals surface area contributed by atoms with E-state index in [0.717, 1.165) is 32.4 Å². The molecule has 1 amide bonds. The minimum absolute atomic E-state index is 0.122. The second-order valence-corrected chi connectivity index (χ2v) is 5.30. The van der Waals surface area contributed by atoms with Crippen LogP contribution in [0.3, 0.4) is 0 Å². The number of carbonyl (C=O) groups is 1. The van der Waals surface area contributed by atoms with Gasteiger partial charge in [0, 0.05) is 19.1 Å². The maximum absolute atomic E-state index is 11.3. The molecule has 4 nitrogen and oxygen atoms in total. The molecule has 2 fully saturated rings. The van der Waals surface area contributed by atoms with Gasteiger partial charge in [-0.25, -0.2) is 4.79 Å². The summed E-state index contributed by atoms with van der Waals surface area (Å²) in [7, 11) is 0. The van der Waals surface area contributed by atoms with Crippen molar-refractivity contribution in [1.82, 2.24) is 10.2 Å². The molecule has 4 heteroatoms. The Hall–Kier alpha value is -0.770. The summed E-state index contributed by atoms with van der Waals surface area (Å²) in [5.41, 5.74) is -0.122. The number of rotatable bonds is 2. The van der Waals surface area contributed by atoms with Crippen LogP contribution in [0.1, 0.15) is 33.1 Å². The van der Waals surface area contributed by atoms with Gasteiger partial charge in [-0.2, -0.15) is 0 Å². The summed E-state index contributed by atoms with van der Waals surface area (Å²) in [6.45, 7) is 5.98. The van der Waals surface area contributed by atoms with Gasteiger partial charge in [-0.1, -0.05) is 13.8 Å². The van der Waals surface area contributed by atoms with Gasteiger partial charge >= 0.3 is 6.09 Å². The maximum atomic E-state index is 11.3. The monoisotopic (exact) mass is 212 g/mol. The molecule has 15 heavy (non-hydrogen) atoms. The zero-order valence-electron chi connectivity index (χ0n) is 9.49. The smallest absolute Gasteiger partial charge is 0.408 e. The third kappa shape index (κ3) is 1.71. The van der Waals surface area contributed by atoms with E-state index in [9.17, 15) is 9.90 Å². The quantitative estimate of drug-likeness (QED) is 0.729. The molecule has 2 heterocycles. The molecule has 2 N–H and O–H groups in total. The van der Waals surface area contributed by atoms with Crippen LogP contribution in [0.5, 0.6) is 0 Å². The number of fused-ring (bicyclic) bond motifs is 2. The van der Waals surface area contributed by atoms with Crippen LogP contribution in [0.2, 0.25) is 0 Å². The van der Waals surface area contributed by atoms with E-state index in [4.69, 9.17) is 0 Å². The summed E-state index contributed by atoms with van der Waals surface area (Å²) in [6.07, 6.45) is 2.28. The minimum atomic E-state index is -0.736. The van der Waals surface area contributed by atoms with Crippen molar-refractivity contribution >= 4 is 6.09 Å².